The van der Waals surface area contributed by atoms with E-state index in [4.69, 9.17) is 0 Å². The summed E-state index contributed by atoms with van der Waals surface area (Å²) in [6, 6.07) is 24.5. The molecule has 0 spiro atoms. The molecule has 0 aromatic heterocycles. The Labute approximate surface area is 182 Å². The van der Waals surface area contributed by atoms with Crippen LogP contribution in [0.1, 0.15) is 37.5 Å². The van der Waals surface area contributed by atoms with Crippen molar-refractivity contribution in [3.05, 3.63) is 101 Å². The Morgan fingerprint density at radius 1 is 0.800 bits per heavy atom. The highest BCUT2D eigenvalue weighted by Crippen LogP contribution is 2.52. The summed E-state index contributed by atoms with van der Waals surface area (Å²) in [5.74, 6) is 0.445. The third kappa shape index (κ3) is 2.50. The van der Waals surface area contributed by atoms with Crippen molar-refractivity contribution in [2.45, 2.75) is 36.3 Å². The lowest BCUT2D eigenvalue weighted by Gasteiger charge is -2.28. The maximum atomic E-state index is 3.77. The molecule has 3 aromatic rings. The Morgan fingerprint density at radius 3 is 2.40 bits per heavy atom. The van der Waals surface area contributed by atoms with Gasteiger partial charge in [-0.1, -0.05) is 75.4 Å². The number of benzene rings is 3. The van der Waals surface area contributed by atoms with E-state index in [1.54, 1.807) is 0 Å². The molecule has 0 bridgehead atoms. The smallest absolute Gasteiger partial charge is 0.0431 e. The molecule has 0 amide bonds. The topological polar surface area (TPSA) is 12.0 Å². The third-order valence-corrected chi connectivity index (χ3v) is 8.54. The highest BCUT2D eigenvalue weighted by atomic mass is 32.2. The van der Waals surface area contributed by atoms with E-state index in [0.717, 1.165) is 0 Å². The average Bonchev–Trinajstić information content (AvgIpc) is 3.25. The van der Waals surface area contributed by atoms with Crippen LogP contribution in [0.3, 0.4) is 0 Å². The van der Waals surface area contributed by atoms with Crippen molar-refractivity contribution in [3.8, 4) is 11.1 Å². The van der Waals surface area contributed by atoms with E-state index < -0.39 is 0 Å². The Bertz CT molecular complexity index is 1250. The van der Waals surface area contributed by atoms with E-state index >= 15 is 0 Å². The number of rotatable bonds is 2. The van der Waals surface area contributed by atoms with Gasteiger partial charge in [0.05, 0.1) is 0 Å². The Balaban J connectivity index is 1.34. The standard InChI is InChI=1S/C28H25NS/c1-17-25(15-14-22-21-9-5-7-11-26(21)30-27(17)22)29-18-12-13-20-19-8-4-6-10-23(19)28(2,3)24(20)16-18/h4-17,27,29H,1-3H3. The van der Waals surface area contributed by atoms with Crippen molar-refractivity contribution in [1.29, 1.82) is 0 Å². The Hall–Kier alpha value is -2.71. The second-order valence-electron chi connectivity index (χ2n) is 9.12. The van der Waals surface area contributed by atoms with Crippen LogP contribution in [0.2, 0.25) is 0 Å². The number of thioether (sulfide) groups is 1. The van der Waals surface area contributed by atoms with Crippen LogP contribution in [-0.2, 0) is 5.41 Å². The van der Waals surface area contributed by atoms with Crippen LogP contribution in [-0.4, -0.2) is 5.25 Å². The number of hydrogen-bond donors (Lipinski definition) is 1. The summed E-state index contributed by atoms with van der Waals surface area (Å²) < 4.78 is 0. The summed E-state index contributed by atoms with van der Waals surface area (Å²) in [6.07, 6.45) is 4.60. The minimum Gasteiger partial charge on any atom is -0.359 e. The summed E-state index contributed by atoms with van der Waals surface area (Å²) in [5.41, 5.74) is 11.0. The summed E-state index contributed by atoms with van der Waals surface area (Å²) in [6.45, 7) is 7.03. The molecule has 148 valence electrons. The van der Waals surface area contributed by atoms with Gasteiger partial charge >= 0.3 is 0 Å². The number of hydrogen-bond acceptors (Lipinski definition) is 2. The summed E-state index contributed by atoms with van der Waals surface area (Å²) in [5, 5.41) is 4.26. The monoisotopic (exact) mass is 407 g/mol. The van der Waals surface area contributed by atoms with Gasteiger partial charge in [0.1, 0.15) is 0 Å². The van der Waals surface area contributed by atoms with Crippen molar-refractivity contribution in [3.63, 3.8) is 0 Å². The molecule has 30 heavy (non-hydrogen) atoms. The lowest BCUT2D eigenvalue weighted by Crippen LogP contribution is -2.22. The molecule has 2 heteroatoms. The van der Waals surface area contributed by atoms with Crippen molar-refractivity contribution in [2.75, 3.05) is 5.32 Å². The first-order chi connectivity index (χ1) is 14.5. The molecule has 1 N–H and O–H groups in total. The fourth-order valence-electron chi connectivity index (χ4n) is 5.32. The normalized spacial score (nSPS) is 22.4. The lowest BCUT2D eigenvalue weighted by atomic mass is 9.82. The van der Waals surface area contributed by atoms with Crippen LogP contribution in [0.4, 0.5) is 5.69 Å². The Kier molecular flexibility index (Phi) is 3.85. The van der Waals surface area contributed by atoms with Crippen molar-refractivity contribution in [1.82, 2.24) is 0 Å². The van der Waals surface area contributed by atoms with Crippen LogP contribution in [0, 0.1) is 5.92 Å². The van der Waals surface area contributed by atoms with Gasteiger partial charge in [0.25, 0.3) is 0 Å². The van der Waals surface area contributed by atoms with Gasteiger partial charge in [-0.2, -0.15) is 0 Å². The summed E-state index contributed by atoms with van der Waals surface area (Å²) >= 11 is 2.00. The quantitative estimate of drug-likeness (QED) is 0.472. The predicted molar refractivity (Wildman–Crippen MR) is 129 cm³/mol. The van der Waals surface area contributed by atoms with Crippen molar-refractivity contribution >= 4 is 23.0 Å². The number of fused-ring (bicyclic) bond motifs is 6. The van der Waals surface area contributed by atoms with E-state index in [1.807, 2.05) is 11.8 Å². The number of anilines is 1. The second-order valence-corrected chi connectivity index (χ2v) is 10.3. The maximum Gasteiger partial charge on any atom is 0.0431 e. The van der Waals surface area contributed by atoms with E-state index in [0.29, 0.717) is 11.2 Å². The van der Waals surface area contributed by atoms with Crippen molar-refractivity contribution < 1.29 is 0 Å². The highest BCUT2D eigenvalue weighted by Gasteiger charge is 2.37. The fraction of sp³-hybridized carbons (Fsp3) is 0.214. The number of allylic oxidation sites excluding steroid dienone is 3. The molecule has 3 aromatic carbocycles. The molecule has 2 unspecified atom stereocenters. The molecule has 0 radical (unpaired) electrons. The lowest BCUT2D eigenvalue weighted by molar-refractivity contribution is 0.660. The molecule has 0 fully saturated rings. The molecule has 1 heterocycles. The Morgan fingerprint density at radius 2 is 1.53 bits per heavy atom. The molecule has 0 saturated heterocycles. The first kappa shape index (κ1) is 18.1. The third-order valence-electron chi connectivity index (χ3n) is 7.02. The molecule has 2 aliphatic carbocycles. The first-order valence-corrected chi connectivity index (χ1v) is 11.6. The molecular weight excluding hydrogens is 382 g/mol. The average molecular weight is 408 g/mol. The van der Waals surface area contributed by atoms with Gasteiger partial charge in [-0.05, 0) is 57.7 Å². The molecule has 1 aliphatic heterocycles. The van der Waals surface area contributed by atoms with Gasteiger partial charge in [-0.25, -0.2) is 0 Å². The zero-order valence-electron chi connectivity index (χ0n) is 17.6. The minimum absolute atomic E-state index is 0.0339. The van der Waals surface area contributed by atoms with E-state index in [-0.39, 0.29) is 5.41 Å². The van der Waals surface area contributed by atoms with Gasteiger partial charge in [0, 0.05) is 32.9 Å². The minimum atomic E-state index is 0.0339. The first-order valence-electron chi connectivity index (χ1n) is 10.7. The SMILES string of the molecule is CC1C(Nc2ccc3c(c2)C(C)(C)c2ccccc2-3)=CC=C2c3ccccc3SC21. The van der Waals surface area contributed by atoms with Gasteiger partial charge in [0.2, 0.25) is 0 Å². The van der Waals surface area contributed by atoms with E-state index in [9.17, 15) is 0 Å². The van der Waals surface area contributed by atoms with Gasteiger partial charge in [-0.3, -0.25) is 0 Å². The van der Waals surface area contributed by atoms with Crippen LogP contribution in [0.15, 0.2) is 89.5 Å². The van der Waals surface area contributed by atoms with Gasteiger partial charge in [0.15, 0.2) is 0 Å². The fourth-order valence-corrected chi connectivity index (χ4v) is 6.74. The van der Waals surface area contributed by atoms with Crippen LogP contribution >= 0.6 is 11.8 Å². The van der Waals surface area contributed by atoms with Crippen LogP contribution in [0.5, 0.6) is 0 Å². The van der Waals surface area contributed by atoms with Gasteiger partial charge < -0.3 is 5.32 Å². The molecule has 2 atom stereocenters. The second kappa shape index (κ2) is 6.39. The summed E-state index contributed by atoms with van der Waals surface area (Å²) in [4.78, 5) is 1.41. The zero-order valence-corrected chi connectivity index (χ0v) is 18.4. The number of nitrogens with one attached hydrogen (secondary N) is 1. The van der Waals surface area contributed by atoms with Crippen LogP contribution < -0.4 is 5.32 Å². The molecule has 3 aliphatic rings. The molecular formula is C28H25NS. The summed E-state index contributed by atoms with van der Waals surface area (Å²) in [7, 11) is 0. The van der Waals surface area contributed by atoms with Crippen molar-refractivity contribution in [2.24, 2.45) is 5.92 Å². The van der Waals surface area contributed by atoms with Gasteiger partial charge in [-0.15, -0.1) is 11.8 Å². The predicted octanol–water partition coefficient (Wildman–Crippen LogP) is 7.50. The molecule has 1 nitrogen and oxygen atoms in total. The highest BCUT2D eigenvalue weighted by molar-refractivity contribution is 8.00. The van der Waals surface area contributed by atoms with E-state index in [2.05, 4.69) is 105 Å². The van der Waals surface area contributed by atoms with E-state index in [1.165, 1.54) is 49.7 Å². The molecule has 6 rings (SSSR count). The maximum absolute atomic E-state index is 3.77. The zero-order chi connectivity index (χ0) is 20.5. The molecule has 0 saturated carbocycles. The van der Waals surface area contributed by atoms with Crippen LogP contribution in [0.25, 0.3) is 16.7 Å². The largest absolute Gasteiger partial charge is 0.359 e.